The fourth-order valence-electron chi connectivity index (χ4n) is 1.17. The molecule has 1 N–H and O–H groups in total. The second-order valence-corrected chi connectivity index (χ2v) is 4.49. The first-order chi connectivity index (χ1) is 7.68. The molecule has 0 aromatic carbocycles. The highest BCUT2D eigenvalue weighted by Gasteiger charge is 2.02. The van der Waals surface area contributed by atoms with Gasteiger partial charge >= 0.3 is 0 Å². The summed E-state index contributed by atoms with van der Waals surface area (Å²) in [7, 11) is 0. The van der Waals surface area contributed by atoms with Gasteiger partial charge in [0.1, 0.15) is 12.1 Å². The summed E-state index contributed by atoms with van der Waals surface area (Å²) in [5, 5.41) is 2.71. The van der Waals surface area contributed by atoms with Gasteiger partial charge in [0.25, 0.3) is 0 Å². The molecule has 0 saturated carbocycles. The Hall–Kier alpha value is -1.23. The molecule has 16 heavy (non-hydrogen) atoms. The molecule has 1 aromatic rings. The van der Waals surface area contributed by atoms with Crippen LogP contribution in [0.4, 0.5) is 5.82 Å². The average molecular weight is 284 g/mol. The van der Waals surface area contributed by atoms with Gasteiger partial charge in [0.15, 0.2) is 0 Å². The summed E-state index contributed by atoms with van der Waals surface area (Å²) in [6.07, 6.45) is 6.22. The third-order valence-corrected chi connectivity index (χ3v) is 2.35. The number of amides is 1. The molecule has 1 amide bonds. The largest absolute Gasteiger partial charge is 0.311 e. The first-order valence-electron chi connectivity index (χ1n) is 5.07. The van der Waals surface area contributed by atoms with Gasteiger partial charge in [0, 0.05) is 12.6 Å². The molecule has 0 aliphatic rings. The predicted molar refractivity (Wildman–Crippen MR) is 67.2 cm³/mol. The number of hydrogen-bond donors (Lipinski definition) is 1. The Kier molecular flexibility index (Phi) is 5.71. The lowest BCUT2D eigenvalue weighted by atomic mass is 10.2. The molecule has 0 unspecified atom stereocenters. The molecule has 0 spiro atoms. The Balaban J connectivity index is 2.19. The maximum atomic E-state index is 11.5. The Morgan fingerprint density at radius 3 is 2.81 bits per heavy atom. The lowest BCUT2D eigenvalue weighted by Crippen LogP contribution is -2.12. The Bertz CT molecular complexity index is 354. The molecule has 1 rings (SSSR count). The third-order valence-electron chi connectivity index (χ3n) is 1.95. The Labute approximate surface area is 103 Å². The topological polar surface area (TPSA) is 54.9 Å². The summed E-state index contributed by atoms with van der Waals surface area (Å²) in [5.41, 5.74) is 0. The number of allylic oxidation sites excluding steroid dienone is 1. The summed E-state index contributed by atoms with van der Waals surface area (Å²) in [5.74, 6) is 0.531. The van der Waals surface area contributed by atoms with Crippen LogP contribution in [-0.4, -0.2) is 15.9 Å². The van der Waals surface area contributed by atoms with Crippen molar-refractivity contribution in [2.75, 3.05) is 5.32 Å². The molecule has 0 bridgehead atoms. The van der Waals surface area contributed by atoms with Crippen LogP contribution in [0.25, 0.3) is 0 Å². The van der Waals surface area contributed by atoms with Crippen molar-refractivity contribution < 1.29 is 4.79 Å². The molecular weight excluding hydrogens is 270 g/mol. The van der Waals surface area contributed by atoms with Crippen molar-refractivity contribution in [2.45, 2.75) is 25.7 Å². The molecular formula is C11H14BrN3O. The molecule has 86 valence electrons. The Morgan fingerprint density at radius 1 is 1.44 bits per heavy atom. The first kappa shape index (κ1) is 12.8. The minimum atomic E-state index is -0.0149. The van der Waals surface area contributed by atoms with Crippen molar-refractivity contribution in [1.29, 1.82) is 0 Å². The number of carbonyl (C=O) groups excluding carboxylic acids is 1. The molecule has 1 aromatic heterocycles. The van der Waals surface area contributed by atoms with Crippen molar-refractivity contribution >= 4 is 27.7 Å². The number of carbonyl (C=O) groups is 1. The minimum absolute atomic E-state index is 0.0149. The number of unbranched alkanes of at least 4 members (excludes halogenated alkanes) is 1. The number of rotatable bonds is 6. The molecule has 1 heterocycles. The fourth-order valence-corrected chi connectivity index (χ4v) is 1.45. The number of nitrogens with one attached hydrogen (secondary N) is 1. The van der Waals surface area contributed by atoms with Crippen molar-refractivity contribution in [1.82, 2.24) is 9.97 Å². The van der Waals surface area contributed by atoms with E-state index in [4.69, 9.17) is 0 Å². The van der Waals surface area contributed by atoms with Crippen molar-refractivity contribution in [2.24, 2.45) is 0 Å². The number of nitrogens with zero attached hydrogens (tertiary/aromatic N) is 2. The number of halogens is 1. The second-order valence-electron chi connectivity index (χ2n) is 3.37. The molecule has 0 aliphatic carbocycles. The highest BCUT2D eigenvalue weighted by Crippen LogP contribution is 2.12. The van der Waals surface area contributed by atoms with Crippen LogP contribution in [0.2, 0.25) is 0 Å². The van der Waals surface area contributed by atoms with Crippen molar-refractivity contribution in [3.63, 3.8) is 0 Å². The number of aromatic nitrogens is 2. The number of hydrogen-bond acceptors (Lipinski definition) is 3. The van der Waals surface area contributed by atoms with Crippen LogP contribution in [-0.2, 0) is 4.79 Å². The quantitative estimate of drug-likeness (QED) is 0.817. The van der Waals surface area contributed by atoms with Crippen LogP contribution < -0.4 is 5.32 Å². The summed E-state index contributed by atoms with van der Waals surface area (Å²) in [6, 6.07) is 1.66. The average Bonchev–Trinajstić information content (AvgIpc) is 2.25. The molecule has 0 radical (unpaired) electrons. The van der Waals surface area contributed by atoms with Gasteiger partial charge in [-0.1, -0.05) is 22.5 Å². The fraction of sp³-hybridized carbons (Fsp3) is 0.364. The molecule has 4 nitrogen and oxygen atoms in total. The van der Waals surface area contributed by atoms with Gasteiger partial charge in [0.05, 0.1) is 0 Å². The van der Waals surface area contributed by atoms with Gasteiger partial charge in [-0.25, -0.2) is 9.97 Å². The van der Waals surface area contributed by atoms with Gasteiger partial charge < -0.3 is 5.32 Å². The predicted octanol–water partition coefficient (Wildman–Crippen LogP) is 2.88. The first-order valence-corrected chi connectivity index (χ1v) is 5.87. The van der Waals surface area contributed by atoms with Crippen molar-refractivity contribution in [3.05, 3.63) is 29.7 Å². The molecule has 0 saturated heterocycles. The lowest BCUT2D eigenvalue weighted by Gasteiger charge is -2.03. The van der Waals surface area contributed by atoms with E-state index in [0.717, 1.165) is 23.7 Å². The highest BCUT2D eigenvalue weighted by atomic mass is 79.9. The van der Waals surface area contributed by atoms with Crippen LogP contribution >= 0.6 is 15.9 Å². The third kappa shape index (κ3) is 5.60. The standard InChI is InChI=1S/C11H14BrN3O/c1-9(12)4-2-3-5-11(16)15-10-6-7-13-8-14-10/h6-8H,1-5H2,(H,13,14,15,16). The normalized spacial score (nSPS) is 9.81. The molecule has 5 heteroatoms. The smallest absolute Gasteiger partial charge is 0.225 e. The van der Waals surface area contributed by atoms with Gasteiger partial charge in [-0.15, -0.1) is 0 Å². The van der Waals surface area contributed by atoms with E-state index in [1.54, 1.807) is 12.3 Å². The van der Waals surface area contributed by atoms with E-state index >= 15 is 0 Å². The molecule has 0 aliphatic heterocycles. The maximum absolute atomic E-state index is 11.5. The second kappa shape index (κ2) is 7.11. The van der Waals surface area contributed by atoms with E-state index in [-0.39, 0.29) is 5.91 Å². The zero-order chi connectivity index (χ0) is 11.8. The highest BCUT2D eigenvalue weighted by molar-refractivity contribution is 9.11. The van der Waals surface area contributed by atoms with Gasteiger partial charge in [-0.2, -0.15) is 0 Å². The van der Waals surface area contributed by atoms with E-state index in [1.165, 1.54) is 6.33 Å². The Morgan fingerprint density at radius 2 is 2.19 bits per heavy atom. The van der Waals surface area contributed by atoms with E-state index in [1.807, 2.05) is 0 Å². The van der Waals surface area contributed by atoms with Gasteiger partial charge in [-0.3, -0.25) is 4.79 Å². The van der Waals surface area contributed by atoms with E-state index in [0.29, 0.717) is 12.2 Å². The van der Waals surface area contributed by atoms with Crippen LogP contribution in [0.15, 0.2) is 29.7 Å². The van der Waals surface area contributed by atoms with Crippen LogP contribution in [0.5, 0.6) is 0 Å². The molecule has 0 fully saturated rings. The minimum Gasteiger partial charge on any atom is -0.311 e. The monoisotopic (exact) mass is 283 g/mol. The van der Waals surface area contributed by atoms with Crippen molar-refractivity contribution in [3.8, 4) is 0 Å². The summed E-state index contributed by atoms with van der Waals surface area (Å²) < 4.78 is 0.976. The van der Waals surface area contributed by atoms with Crippen LogP contribution in [0.3, 0.4) is 0 Å². The van der Waals surface area contributed by atoms with E-state index < -0.39 is 0 Å². The SMILES string of the molecule is C=C(Br)CCCCC(=O)Nc1ccncn1. The zero-order valence-electron chi connectivity index (χ0n) is 8.95. The zero-order valence-corrected chi connectivity index (χ0v) is 10.5. The van der Waals surface area contributed by atoms with Crippen LogP contribution in [0.1, 0.15) is 25.7 Å². The van der Waals surface area contributed by atoms with E-state index in [9.17, 15) is 4.79 Å². The van der Waals surface area contributed by atoms with Gasteiger partial charge in [0.2, 0.25) is 5.91 Å². The van der Waals surface area contributed by atoms with Gasteiger partial charge in [-0.05, 0) is 29.8 Å². The number of anilines is 1. The van der Waals surface area contributed by atoms with Crippen LogP contribution in [0, 0.1) is 0 Å². The van der Waals surface area contributed by atoms with E-state index in [2.05, 4.69) is 37.8 Å². The lowest BCUT2D eigenvalue weighted by molar-refractivity contribution is -0.116. The molecule has 0 atom stereocenters. The summed E-state index contributed by atoms with van der Waals surface area (Å²) >= 11 is 3.28. The summed E-state index contributed by atoms with van der Waals surface area (Å²) in [6.45, 7) is 3.74. The summed E-state index contributed by atoms with van der Waals surface area (Å²) in [4.78, 5) is 19.1. The maximum Gasteiger partial charge on any atom is 0.225 e.